The van der Waals surface area contributed by atoms with Gasteiger partial charge in [0.05, 0.1) is 38.4 Å². The monoisotopic (exact) mass is 895 g/mol. The molecule has 56 heavy (non-hydrogen) atoms. The van der Waals surface area contributed by atoms with Crippen LogP contribution in [0.2, 0.25) is 5.28 Å². The third-order valence-corrected chi connectivity index (χ3v) is 11.9. The third kappa shape index (κ3) is 10.4. The number of halogens is 1. The number of nitrogens with one attached hydrogen (secondary N) is 2. The Labute approximate surface area is 321 Å². The molecule has 5 rings (SSSR count). The number of azo groups is 1. The van der Waals surface area contributed by atoms with E-state index in [1.807, 2.05) is 0 Å². The summed E-state index contributed by atoms with van der Waals surface area (Å²) in [5, 5.41) is 22.7. The van der Waals surface area contributed by atoms with Crippen molar-refractivity contribution in [2.24, 2.45) is 10.2 Å². The molecule has 0 bridgehead atoms. The van der Waals surface area contributed by atoms with Crippen molar-refractivity contribution in [3.63, 3.8) is 0 Å². The SMILES string of the molecule is O=S(=O)(O)OCCS(=O)(=O)c1ccc(/N=N/c2c(S(=O)(=O)O)cc3cc(S(=O)(=O)O)cc(Nc4nc(Cl)nc(Nc5cccc(S(=O)(=O)O)c5)n4)c3c2O)cc1. The van der Waals surface area contributed by atoms with Crippen LogP contribution in [0.25, 0.3) is 10.8 Å². The maximum Gasteiger partial charge on any atom is 0.397 e. The summed E-state index contributed by atoms with van der Waals surface area (Å²) in [4.78, 5) is 8.95. The number of phenolic OH excluding ortho intramolecular Hbond substituents is 1. The van der Waals surface area contributed by atoms with Gasteiger partial charge in [0.15, 0.2) is 15.6 Å². The zero-order chi connectivity index (χ0) is 41.4. The maximum absolute atomic E-state index is 12.5. The second-order valence-corrected chi connectivity index (χ2v) is 18.6. The van der Waals surface area contributed by atoms with Gasteiger partial charge in [-0.05, 0) is 77.7 Å². The number of hydrogen-bond acceptors (Lipinski definition) is 19. The standard InChI is InChI=1S/C27H22ClN7O16S5/c28-25-31-26(29-16-2-1-3-18(12-16)53(39,40)41)33-27(32-25)30-20-13-19(54(42,43)44)10-14-11-21(55(45,46)47)23(24(36)22(14)20)35-34-15-4-6-17(7-5-15)52(37,38)9-8-51-56(48,49)50/h1-7,10-13,36H,8-9H2,(H,39,40,41)(H,42,43,44)(H,45,46,47)(H,48,49,50)(H2,29,30,31,32,33)/b35-34+. The molecule has 0 saturated heterocycles. The highest BCUT2D eigenvalue weighted by Crippen LogP contribution is 2.45. The molecule has 0 aliphatic heterocycles. The lowest BCUT2D eigenvalue weighted by molar-refractivity contribution is 0.284. The van der Waals surface area contributed by atoms with Gasteiger partial charge in [-0.2, -0.15) is 53.7 Å². The first-order chi connectivity index (χ1) is 25.8. The number of rotatable bonds is 14. The molecule has 298 valence electrons. The van der Waals surface area contributed by atoms with Crippen LogP contribution >= 0.6 is 11.6 Å². The minimum absolute atomic E-state index is 0.0408. The second-order valence-electron chi connectivity index (χ2n) is 10.9. The summed E-state index contributed by atoms with van der Waals surface area (Å²) in [5.74, 6) is -2.73. The van der Waals surface area contributed by atoms with E-state index in [4.69, 9.17) is 16.2 Å². The second kappa shape index (κ2) is 15.5. The zero-order valence-electron chi connectivity index (χ0n) is 27.1. The molecule has 0 aliphatic carbocycles. The van der Waals surface area contributed by atoms with Gasteiger partial charge in [0.2, 0.25) is 17.2 Å². The number of anilines is 4. The predicted molar refractivity (Wildman–Crippen MR) is 193 cm³/mol. The fraction of sp³-hybridized carbons (Fsp3) is 0.0741. The highest BCUT2D eigenvalue weighted by atomic mass is 35.5. The Balaban J connectivity index is 1.58. The summed E-state index contributed by atoms with van der Waals surface area (Å²) in [6.07, 6.45) is 0. The molecular weight excluding hydrogens is 874 g/mol. The van der Waals surface area contributed by atoms with Crippen LogP contribution in [-0.4, -0.2) is 92.7 Å². The Morgan fingerprint density at radius 2 is 1.30 bits per heavy atom. The molecule has 1 aromatic heterocycles. The Kier molecular flexibility index (Phi) is 11.7. The van der Waals surface area contributed by atoms with Crippen LogP contribution in [0.3, 0.4) is 0 Å². The summed E-state index contributed by atoms with van der Waals surface area (Å²) in [6, 6.07) is 11.1. The quantitative estimate of drug-likeness (QED) is 0.0618. The number of fused-ring (bicyclic) bond motifs is 1. The number of hydrogen-bond donors (Lipinski definition) is 7. The molecule has 0 unspecified atom stereocenters. The normalized spacial score (nSPS) is 12.9. The molecule has 0 saturated carbocycles. The largest absolute Gasteiger partial charge is 0.505 e. The van der Waals surface area contributed by atoms with Crippen molar-refractivity contribution in [2.75, 3.05) is 23.0 Å². The van der Waals surface area contributed by atoms with Gasteiger partial charge in [-0.25, -0.2) is 12.6 Å². The van der Waals surface area contributed by atoms with Crippen molar-refractivity contribution in [3.8, 4) is 5.75 Å². The molecule has 7 N–H and O–H groups in total. The number of benzene rings is 4. The molecule has 0 spiro atoms. The van der Waals surface area contributed by atoms with Gasteiger partial charge < -0.3 is 15.7 Å². The number of phenols is 1. The van der Waals surface area contributed by atoms with Crippen LogP contribution in [0.5, 0.6) is 5.75 Å². The fourth-order valence-corrected chi connectivity index (χ4v) is 8.02. The van der Waals surface area contributed by atoms with E-state index < -0.39 is 117 Å². The lowest BCUT2D eigenvalue weighted by Gasteiger charge is -2.15. The maximum atomic E-state index is 12.5. The van der Waals surface area contributed by atoms with Gasteiger partial charge in [-0.1, -0.05) is 6.07 Å². The molecule has 29 heteroatoms. The van der Waals surface area contributed by atoms with E-state index in [9.17, 15) is 60.9 Å². The summed E-state index contributed by atoms with van der Waals surface area (Å²) >= 11 is 6.05. The summed E-state index contributed by atoms with van der Waals surface area (Å²) in [6.45, 7) is -0.905. The summed E-state index contributed by atoms with van der Waals surface area (Å²) < 4.78 is 161. The van der Waals surface area contributed by atoms with Crippen LogP contribution < -0.4 is 10.6 Å². The molecule has 1 heterocycles. The first kappa shape index (κ1) is 42.1. The van der Waals surface area contributed by atoms with Gasteiger partial charge in [0, 0.05) is 11.1 Å². The van der Waals surface area contributed by atoms with E-state index in [1.54, 1.807) is 0 Å². The van der Waals surface area contributed by atoms with Gasteiger partial charge in [0.25, 0.3) is 30.4 Å². The lowest BCUT2D eigenvalue weighted by Crippen LogP contribution is -2.15. The van der Waals surface area contributed by atoms with Crippen LogP contribution in [0.15, 0.2) is 96.5 Å². The Hall–Kier alpha value is -5.01. The van der Waals surface area contributed by atoms with Gasteiger partial charge in [0.1, 0.15) is 10.6 Å². The number of aromatic hydroxyl groups is 1. The molecule has 4 aromatic carbocycles. The Morgan fingerprint density at radius 1 is 0.679 bits per heavy atom. The minimum Gasteiger partial charge on any atom is -0.505 e. The molecule has 5 aromatic rings. The highest BCUT2D eigenvalue weighted by Gasteiger charge is 2.26. The van der Waals surface area contributed by atoms with Crippen molar-refractivity contribution < 1.29 is 69.6 Å². The molecule has 0 atom stereocenters. The van der Waals surface area contributed by atoms with Gasteiger partial charge in [-0.3, -0.25) is 18.2 Å². The van der Waals surface area contributed by atoms with E-state index in [1.165, 1.54) is 12.1 Å². The first-order valence-electron chi connectivity index (χ1n) is 14.5. The third-order valence-electron chi connectivity index (χ3n) is 6.99. The van der Waals surface area contributed by atoms with Crippen LogP contribution in [0.1, 0.15) is 0 Å². The highest BCUT2D eigenvalue weighted by molar-refractivity contribution is 7.91. The smallest absolute Gasteiger partial charge is 0.397 e. The van der Waals surface area contributed by atoms with E-state index in [2.05, 4.69) is 40.0 Å². The average Bonchev–Trinajstić information content (AvgIpc) is 3.05. The van der Waals surface area contributed by atoms with Crippen molar-refractivity contribution in [1.29, 1.82) is 0 Å². The minimum atomic E-state index is -5.28. The first-order valence-corrected chi connectivity index (χ1v) is 22.2. The van der Waals surface area contributed by atoms with E-state index >= 15 is 0 Å². The van der Waals surface area contributed by atoms with Crippen LogP contribution in [0, 0.1) is 0 Å². The zero-order valence-corrected chi connectivity index (χ0v) is 32.0. The predicted octanol–water partition coefficient (Wildman–Crippen LogP) is 3.62. The summed E-state index contributed by atoms with van der Waals surface area (Å²) in [7, 11) is -24.0. The number of nitrogens with zero attached hydrogens (tertiary/aromatic N) is 5. The van der Waals surface area contributed by atoms with Gasteiger partial charge >= 0.3 is 10.4 Å². The molecule has 23 nitrogen and oxygen atoms in total. The van der Waals surface area contributed by atoms with Crippen molar-refractivity contribution in [1.82, 2.24) is 15.0 Å². The molecule has 0 fully saturated rings. The molecule has 0 aliphatic rings. The number of aromatic nitrogens is 3. The van der Waals surface area contributed by atoms with Crippen LogP contribution in [-0.2, 0) is 54.8 Å². The molecular formula is C27H22ClN7O16S5. The lowest BCUT2D eigenvalue weighted by atomic mass is 10.1. The number of sulfone groups is 1. The van der Waals surface area contributed by atoms with E-state index in [0.29, 0.717) is 6.07 Å². The Morgan fingerprint density at radius 3 is 1.89 bits per heavy atom. The topological polar surface area (TPSA) is 369 Å². The fourth-order valence-electron chi connectivity index (χ4n) is 4.64. The molecule has 0 radical (unpaired) electrons. The summed E-state index contributed by atoms with van der Waals surface area (Å²) in [5.41, 5.74) is -1.48. The van der Waals surface area contributed by atoms with Gasteiger partial charge in [-0.15, -0.1) is 5.11 Å². The van der Waals surface area contributed by atoms with E-state index in [-0.39, 0.29) is 22.2 Å². The molecule has 0 amide bonds. The van der Waals surface area contributed by atoms with E-state index in [0.717, 1.165) is 48.5 Å². The van der Waals surface area contributed by atoms with Crippen molar-refractivity contribution in [2.45, 2.75) is 19.6 Å². The van der Waals surface area contributed by atoms with Crippen molar-refractivity contribution in [3.05, 3.63) is 72.0 Å². The van der Waals surface area contributed by atoms with Crippen LogP contribution in [0.4, 0.5) is 34.6 Å². The average molecular weight is 896 g/mol. The van der Waals surface area contributed by atoms with Crippen molar-refractivity contribution >= 4 is 108 Å². The Bertz CT molecular complexity index is 2990.